The van der Waals surface area contributed by atoms with E-state index in [2.05, 4.69) is 5.92 Å². The average Bonchev–Trinajstić information content (AvgIpc) is 3.69. The number of aliphatic hydroxyl groups is 3. The molecule has 1 heterocycles. The van der Waals surface area contributed by atoms with Crippen LogP contribution in [0.3, 0.4) is 0 Å². The van der Waals surface area contributed by atoms with Crippen LogP contribution >= 0.6 is 11.6 Å². The summed E-state index contributed by atoms with van der Waals surface area (Å²) in [6.07, 6.45) is 7.00. The molecule has 1 aliphatic heterocycles. The maximum atomic E-state index is 16.2. The number of fused-ring (bicyclic) bond motifs is 1. The third-order valence-electron chi connectivity index (χ3n) is 7.79. The smallest absolute Gasteiger partial charge is 0.257 e. The van der Waals surface area contributed by atoms with Crippen LogP contribution in [0.2, 0.25) is 5.02 Å². The van der Waals surface area contributed by atoms with Crippen molar-refractivity contribution in [1.29, 1.82) is 0 Å². The fourth-order valence-electron chi connectivity index (χ4n) is 5.01. The number of rotatable bonds is 9. The van der Waals surface area contributed by atoms with E-state index in [1.807, 2.05) is 0 Å². The highest BCUT2D eigenvalue weighted by Gasteiger charge is 2.56. The van der Waals surface area contributed by atoms with Crippen molar-refractivity contribution in [2.75, 3.05) is 19.8 Å². The second kappa shape index (κ2) is 10.1. The van der Waals surface area contributed by atoms with Crippen LogP contribution in [0.25, 0.3) is 0 Å². The average molecular weight is 550 g/mol. The van der Waals surface area contributed by atoms with Crippen LogP contribution in [0.15, 0.2) is 60.7 Å². The molecule has 3 aromatic rings. The van der Waals surface area contributed by atoms with Crippen molar-refractivity contribution in [2.24, 2.45) is 5.41 Å². The van der Waals surface area contributed by atoms with Crippen molar-refractivity contribution in [1.82, 2.24) is 4.90 Å². The van der Waals surface area contributed by atoms with Gasteiger partial charge in [0.05, 0.1) is 30.9 Å². The van der Waals surface area contributed by atoms with E-state index >= 15 is 4.39 Å². The van der Waals surface area contributed by atoms with Gasteiger partial charge in [-0.15, -0.1) is 6.42 Å². The molecule has 3 N–H and O–H groups in total. The van der Waals surface area contributed by atoms with E-state index in [-0.39, 0.29) is 36.4 Å². The van der Waals surface area contributed by atoms with Gasteiger partial charge in [-0.1, -0.05) is 41.8 Å². The quantitative estimate of drug-likeness (QED) is 0.346. The number of halogens is 2. The molecule has 6 nitrogen and oxygen atoms in total. The molecule has 0 spiro atoms. The molecule has 202 valence electrons. The van der Waals surface area contributed by atoms with E-state index in [9.17, 15) is 20.1 Å². The Balaban J connectivity index is 1.73. The molecule has 0 bridgehead atoms. The van der Waals surface area contributed by atoms with Gasteiger partial charge < -0.3 is 20.1 Å². The van der Waals surface area contributed by atoms with E-state index in [0.29, 0.717) is 16.1 Å². The molecule has 2 atom stereocenters. The summed E-state index contributed by atoms with van der Waals surface area (Å²) in [5.41, 5.74) is -1.96. The lowest BCUT2D eigenvalue weighted by Gasteiger charge is -2.40. The van der Waals surface area contributed by atoms with Gasteiger partial charge in [-0.05, 0) is 67.3 Å². The molecular weight excluding hydrogens is 521 g/mol. The first-order valence-corrected chi connectivity index (χ1v) is 13.0. The van der Waals surface area contributed by atoms with Gasteiger partial charge in [0.2, 0.25) is 0 Å². The summed E-state index contributed by atoms with van der Waals surface area (Å²) in [4.78, 5) is 15.6. The minimum Gasteiger partial charge on any atom is -0.396 e. The molecule has 5 rings (SSSR count). The third-order valence-corrected chi connectivity index (χ3v) is 8.04. The zero-order valence-corrected chi connectivity index (χ0v) is 22.2. The Morgan fingerprint density at radius 2 is 1.79 bits per heavy atom. The minimum atomic E-state index is -1.77. The Bertz CT molecular complexity index is 1440. The lowest BCUT2D eigenvalue weighted by molar-refractivity contribution is -0.130. The van der Waals surface area contributed by atoms with Gasteiger partial charge in [0, 0.05) is 28.1 Å². The van der Waals surface area contributed by atoms with Crippen LogP contribution in [0, 0.1) is 23.6 Å². The standard InChI is InChI=1S/C31H29ClFNO5/c1-3-20-4-6-21(7-5-20)16-34-28(37)25-14-23(29(2,38)17-35)15-26(33)27(25)31(34,22-8-10-24(32)11-9-22)39-19-30(18-36)12-13-30/h1,4-11,14-15,35-36,38H,12-13,16-19H2,2H3/t29-,31+/m0/s1. The van der Waals surface area contributed by atoms with E-state index < -0.39 is 35.1 Å². The monoisotopic (exact) mass is 549 g/mol. The molecule has 2 aliphatic rings. The van der Waals surface area contributed by atoms with Gasteiger partial charge >= 0.3 is 0 Å². The number of aliphatic hydroxyl groups excluding tert-OH is 2. The van der Waals surface area contributed by atoms with E-state index in [1.165, 1.54) is 17.9 Å². The van der Waals surface area contributed by atoms with Crippen LogP contribution in [0.4, 0.5) is 4.39 Å². The molecule has 1 fully saturated rings. The SMILES string of the molecule is C#Cc1ccc(CN2C(=O)c3cc([C@@](C)(O)CO)cc(F)c3[C@]2(OCC2(CO)CC2)c2ccc(Cl)cc2)cc1. The number of benzene rings is 3. The topological polar surface area (TPSA) is 90.2 Å². The van der Waals surface area contributed by atoms with Crippen LogP contribution in [-0.2, 0) is 22.6 Å². The first-order valence-electron chi connectivity index (χ1n) is 12.7. The van der Waals surface area contributed by atoms with Crippen LogP contribution in [0.1, 0.15) is 57.9 Å². The van der Waals surface area contributed by atoms with E-state index in [0.717, 1.165) is 24.5 Å². The zero-order chi connectivity index (χ0) is 28.0. The summed E-state index contributed by atoms with van der Waals surface area (Å²) < 4.78 is 22.8. The van der Waals surface area contributed by atoms with Gasteiger partial charge in [-0.3, -0.25) is 9.69 Å². The van der Waals surface area contributed by atoms with Crippen molar-refractivity contribution in [2.45, 2.75) is 37.6 Å². The highest BCUT2D eigenvalue weighted by molar-refractivity contribution is 6.30. The van der Waals surface area contributed by atoms with Crippen molar-refractivity contribution < 1.29 is 29.2 Å². The molecular formula is C31H29ClFNO5. The molecule has 1 amide bonds. The Kier molecular flexibility index (Phi) is 7.04. The van der Waals surface area contributed by atoms with Gasteiger partial charge in [0.15, 0.2) is 5.72 Å². The number of carbonyl (C=O) groups is 1. The molecule has 0 unspecified atom stereocenters. The van der Waals surface area contributed by atoms with Gasteiger partial charge in [-0.25, -0.2) is 4.39 Å². The molecule has 0 saturated heterocycles. The first-order chi connectivity index (χ1) is 18.6. The molecule has 0 radical (unpaired) electrons. The van der Waals surface area contributed by atoms with Gasteiger partial charge in [0.25, 0.3) is 5.91 Å². The number of hydrogen-bond donors (Lipinski definition) is 3. The second-order valence-electron chi connectivity index (χ2n) is 10.6. The molecule has 8 heteroatoms. The number of hydrogen-bond acceptors (Lipinski definition) is 5. The predicted molar refractivity (Wildman–Crippen MR) is 144 cm³/mol. The van der Waals surface area contributed by atoms with Gasteiger partial charge in [-0.2, -0.15) is 0 Å². The van der Waals surface area contributed by atoms with Crippen molar-refractivity contribution in [3.05, 3.63) is 105 Å². The van der Waals surface area contributed by atoms with Crippen molar-refractivity contribution in [3.63, 3.8) is 0 Å². The summed E-state index contributed by atoms with van der Waals surface area (Å²) in [5.74, 6) is 1.29. The maximum absolute atomic E-state index is 16.2. The summed E-state index contributed by atoms with van der Waals surface area (Å²) in [7, 11) is 0. The largest absolute Gasteiger partial charge is 0.396 e. The highest BCUT2D eigenvalue weighted by atomic mass is 35.5. The van der Waals surface area contributed by atoms with Crippen LogP contribution in [-0.4, -0.2) is 45.9 Å². The molecule has 1 aliphatic carbocycles. The summed E-state index contributed by atoms with van der Waals surface area (Å²) in [5, 5.41) is 30.9. The molecule has 3 aromatic carbocycles. The predicted octanol–water partition coefficient (Wildman–Crippen LogP) is 4.31. The lowest BCUT2D eigenvalue weighted by Crippen LogP contribution is -2.48. The summed E-state index contributed by atoms with van der Waals surface area (Å²) >= 11 is 6.19. The molecule has 39 heavy (non-hydrogen) atoms. The Labute approximate surface area is 231 Å². The van der Waals surface area contributed by atoms with Crippen molar-refractivity contribution >= 4 is 17.5 Å². The van der Waals surface area contributed by atoms with Crippen molar-refractivity contribution in [3.8, 4) is 12.3 Å². The number of ether oxygens (including phenoxy) is 1. The Morgan fingerprint density at radius 1 is 1.13 bits per heavy atom. The second-order valence-corrected chi connectivity index (χ2v) is 11.1. The zero-order valence-electron chi connectivity index (χ0n) is 21.5. The fourth-order valence-corrected chi connectivity index (χ4v) is 5.14. The Morgan fingerprint density at radius 3 is 2.36 bits per heavy atom. The fraction of sp³-hybridized carbons (Fsp3) is 0.323. The van der Waals surface area contributed by atoms with Crippen LogP contribution < -0.4 is 0 Å². The number of nitrogens with zero attached hydrogens (tertiary/aromatic N) is 1. The summed E-state index contributed by atoms with van der Waals surface area (Å²) in [6, 6.07) is 16.3. The lowest BCUT2D eigenvalue weighted by atomic mass is 9.88. The highest BCUT2D eigenvalue weighted by Crippen LogP contribution is 2.52. The normalized spacial score (nSPS) is 20.8. The van der Waals surface area contributed by atoms with E-state index in [1.54, 1.807) is 48.5 Å². The number of terminal acetylenes is 1. The maximum Gasteiger partial charge on any atom is 0.257 e. The van der Waals surface area contributed by atoms with E-state index in [4.69, 9.17) is 22.8 Å². The minimum absolute atomic E-state index is 0.00120. The Hall–Kier alpha value is -3.25. The third kappa shape index (κ3) is 4.73. The number of carbonyl (C=O) groups excluding carboxylic acids is 1. The van der Waals surface area contributed by atoms with Crippen LogP contribution in [0.5, 0.6) is 0 Å². The van der Waals surface area contributed by atoms with Gasteiger partial charge in [0.1, 0.15) is 11.4 Å². The number of amides is 1. The molecule has 0 aromatic heterocycles. The first kappa shape index (κ1) is 27.3. The molecule has 1 saturated carbocycles. The summed E-state index contributed by atoms with van der Waals surface area (Å²) in [6.45, 7) is 0.722.